The first kappa shape index (κ1) is 23.2. The van der Waals surface area contributed by atoms with E-state index in [1.165, 1.54) is 12.8 Å². The van der Waals surface area contributed by atoms with Gasteiger partial charge in [-0.1, -0.05) is 41.6 Å². The van der Waals surface area contributed by atoms with Gasteiger partial charge < -0.3 is 16.4 Å². The van der Waals surface area contributed by atoms with E-state index in [4.69, 9.17) is 17.3 Å². The van der Waals surface area contributed by atoms with Crippen molar-refractivity contribution < 1.29 is 4.79 Å². The van der Waals surface area contributed by atoms with Crippen LogP contribution in [0.1, 0.15) is 18.4 Å². The predicted octanol–water partition coefficient (Wildman–Crippen LogP) is 6.29. The van der Waals surface area contributed by atoms with Gasteiger partial charge in [-0.15, -0.1) is 11.3 Å². The second-order valence-corrected chi connectivity index (χ2v) is 9.68. The van der Waals surface area contributed by atoms with Crippen molar-refractivity contribution >= 4 is 56.2 Å². The number of fused-ring (bicyclic) bond motifs is 1. The van der Waals surface area contributed by atoms with Crippen LogP contribution < -0.4 is 16.4 Å². The zero-order valence-corrected chi connectivity index (χ0v) is 20.5. The molecule has 1 aliphatic heterocycles. The number of likely N-dealkylation sites (tertiary alicyclic amines) is 1. The molecule has 1 fully saturated rings. The highest BCUT2D eigenvalue weighted by Crippen LogP contribution is 2.38. The minimum absolute atomic E-state index is 0.341. The summed E-state index contributed by atoms with van der Waals surface area (Å²) in [7, 11) is 0. The fourth-order valence-corrected chi connectivity index (χ4v) is 5.39. The molecule has 0 radical (unpaired) electrons. The Balaban J connectivity index is 1.33. The molecule has 0 bridgehead atoms. The van der Waals surface area contributed by atoms with Crippen LogP contribution in [-0.4, -0.2) is 35.5 Å². The van der Waals surface area contributed by atoms with Crippen LogP contribution >= 0.6 is 22.9 Å². The summed E-state index contributed by atoms with van der Waals surface area (Å²) in [5.74, 6) is 7.09. The number of nitrogens with zero attached hydrogens (tertiary/aromatic N) is 2. The number of nitrogens with two attached hydrogens (primary N) is 1. The smallest absolute Gasteiger partial charge is 0.323 e. The molecule has 1 saturated heterocycles. The number of carbonyl (C=O) groups is 1. The highest BCUT2D eigenvalue weighted by Gasteiger charge is 2.14. The molecule has 0 atom stereocenters. The monoisotopic (exact) mass is 501 g/mol. The number of amides is 2. The van der Waals surface area contributed by atoms with Crippen LogP contribution in [0.4, 0.5) is 22.0 Å². The van der Waals surface area contributed by atoms with E-state index in [0.29, 0.717) is 22.2 Å². The van der Waals surface area contributed by atoms with Gasteiger partial charge in [0.05, 0.1) is 16.8 Å². The van der Waals surface area contributed by atoms with Gasteiger partial charge in [0.25, 0.3) is 0 Å². The van der Waals surface area contributed by atoms with Crippen molar-refractivity contribution in [2.75, 3.05) is 36.0 Å². The molecular weight excluding hydrogens is 478 g/mol. The standard InChI is InChI=1S/C27H24ClN5OS/c28-20-6-3-7-22(15-20)32-27(34)31-21-10-8-18(9-11-21)23-17-35-25-19(16-30-26(29)24(23)25)5-4-14-33-12-1-2-13-33/h3,6-11,15-17H,1-2,12-14H2,(H2,29,30)(H2,31,32,34). The number of thiophene rings is 1. The summed E-state index contributed by atoms with van der Waals surface area (Å²) in [6.45, 7) is 3.03. The predicted molar refractivity (Wildman–Crippen MR) is 146 cm³/mol. The van der Waals surface area contributed by atoms with Gasteiger partial charge >= 0.3 is 6.03 Å². The van der Waals surface area contributed by atoms with E-state index in [-0.39, 0.29) is 6.03 Å². The number of carbonyl (C=O) groups excluding carboxylic acids is 1. The molecule has 176 valence electrons. The second kappa shape index (κ2) is 10.4. The maximum absolute atomic E-state index is 12.3. The Morgan fingerprint density at radius 3 is 2.66 bits per heavy atom. The van der Waals surface area contributed by atoms with E-state index in [1.807, 2.05) is 24.3 Å². The minimum atomic E-state index is -0.341. The summed E-state index contributed by atoms with van der Waals surface area (Å²) in [5, 5.41) is 9.17. The van der Waals surface area contributed by atoms with Crippen LogP contribution in [-0.2, 0) is 0 Å². The van der Waals surface area contributed by atoms with Crippen molar-refractivity contribution in [1.82, 2.24) is 9.88 Å². The third-order valence-corrected chi connectivity index (χ3v) is 7.13. The van der Waals surface area contributed by atoms with Crippen molar-refractivity contribution in [3.8, 4) is 23.0 Å². The summed E-state index contributed by atoms with van der Waals surface area (Å²) in [5.41, 5.74) is 10.5. The van der Waals surface area contributed by atoms with Crippen LogP contribution in [0, 0.1) is 11.8 Å². The fraction of sp³-hybridized carbons (Fsp3) is 0.185. The normalized spacial score (nSPS) is 13.4. The molecule has 3 heterocycles. The molecule has 0 saturated carbocycles. The molecule has 6 nitrogen and oxygen atoms in total. The van der Waals surface area contributed by atoms with E-state index in [9.17, 15) is 4.79 Å². The number of halogens is 1. The Bertz CT molecular complexity index is 1430. The zero-order chi connectivity index (χ0) is 24.2. The molecule has 5 rings (SSSR count). The van der Waals surface area contributed by atoms with Crippen LogP contribution in [0.25, 0.3) is 21.2 Å². The number of pyridine rings is 1. The molecule has 4 aromatic rings. The van der Waals surface area contributed by atoms with E-state index in [2.05, 4.69) is 37.7 Å². The molecule has 2 aromatic carbocycles. The molecule has 35 heavy (non-hydrogen) atoms. The van der Waals surface area contributed by atoms with Crippen molar-refractivity contribution in [2.45, 2.75) is 12.8 Å². The molecule has 0 unspecified atom stereocenters. The van der Waals surface area contributed by atoms with E-state index in [1.54, 1.807) is 41.8 Å². The van der Waals surface area contributed by atoms with Gasteiger partial charge in [-0.2, -0.15) is 0 Å². The first-order valence-corrected chi connectivity index (χ1v) is 12.6. The summed E-state index contributed by atoms with van der Waals surface area (Å²) in [4.78, 5) is 19.1. The fourth-order valence-electron chi connectivity index (χ4n) is 4.15. The van der Waals surface area contributed by atoms with Gasteiger partial charge in [0.2, 0.25) is 0 Å². The number of rotatable bonds is 4. The van der Waals surface area contributed by atoms with E-state index < -0.39 is 0 Å². The molecule has 2 amide bonds. The third-order valence-electron chi connectivity index (χ3n) is 5.89. The number of nitrogen functional groups attached to an aromatic ring is 1. The Kier molecular flexibility index (Phi) is 6.87. The third kappa shape index (κ3) is 5.41. The Labute approximate surface area is 213 Å². The lowest BCUT2D eigenvalue weighted by Crippen LogP contribution is -2.19. The Hall–Kier alpha value is -3.57. The van der Waals surface area contributed by atoms with Crippen molar-refractivity contribution in [3.05, 3.63) is 70.7 Å². The van der Waals surface area contributed by atoms with Gasteiger partial charge in [-0.3, -0.25) is 4.90 Å². The second-order valence-electron chi connectivity index (χ2n) is 8.36. The van der Waals surface area contributed by atoms with Crippen molar-refractivity contribution in [1.29, 1.82) is 0 Å². The highest BCUT2D eigenvalue weighted by atomic mass is 35.5. The molecule has 2 aromatic heterocycles. The molecular formula is C27H24ClN5OS. The highest BCUT2D eigenvalue weighted by molar-refractivity contribution is 7.18. The summed E-state index contributed by atoms with van der Waals surface area (Å²) in [6.07, 6.45) is 4.27. The van der Waals surface area contributed by atoms with E-state index in [0.717, 1.165) is 46.4 Å². The number of aromatic nitrogens is 1. The quantitative estimate of drug-likeness (QED) is 0.287. The Morgan fingerprint density at radius 1 is 1.11 bits per heavy atom. The Morgan fingerprint density at radius 2 is 1.89 bits per heavy atom. The molecule has 0 aliphatic carbocycles. The van der Waals surface area contributed by atoms with Crippen molar-refractivity contribution in [2.24, 2.45) is 0 Å². The summed E-state index contributed by atoms with van der Waals surface area (Å²) in [6, 6.07) is 14.3. The maximum Gasteiger partial charge on any atom is 0.323 e. The lowest BCUT2D eigenvalue weighted by Gasteiger charge is -2.09. The van der Waals surface area contributed by atoms with Gasteiger partial charge in [0.15, 0.2) is 0 Å². The largest absolute Gasteiger partial charge is 0.383 e. The average molecular weight is 502 g/mol. The summed E-state index contributed by atoms with van der Waals surface area (Å²) >= 11 is 7.60. The van der Waals surface area contributed by atoms with Crippen LogP contribution in [0.3, 0.4) is 0 Å². The number of nitrogens with one attached hydrogen (secondary N) is 2. The maximum atomic E-state index is 12.3. The van der Waals surface area contributed by atoms with Gasteiger partial charge in [-0.25, -0.2) is 9.78 Å². The minimum Gasteiger partial charge on any atom is -0.383 e. The van der Waals surface area contributed by atoms with Crippen LogP contribution in [0.2, 0.25) is 5.02 Å². The van der Waals surface area contributed by atoms with Gasteiger partial charge in [0, 0.05) is 33.5 Å². The van der Waals surface area contributed by atoms with Gasteiger partial charge in [0.1, 0.15) is 5.82 Å². The zero-order valence-electron chi connectivity index (χ0n) is 19.0. The van der Waals surface area contributed by atoms with Gasteiger partial charge in [-0.05, 0) is 67.2 Å². The number of urea groups is 1. The number of benzene rings is 2. The van der Waals surface area contributed by atoms with Crippen molar-refractivity contribution in [3.63, 3.8) is 0 Å². The number of hydrogen-bond donors (Lipinski definition) is 3. The number of hydrogen-bond acceptors (Lipinski definition) is 5. The first-order chi connectivity index (χ1) is 17.1. The molecule has 8 heteroatoms. The average Bonchev–Trinajstić information content (AvgIpc) is 3.52. The van der Waals surface area contributed by atoms with E-state index >= 15 is 0 Å². The first-order valence-electron chi connectivity index (χ1n) is 11.4. The number of anilines is 3. The lowest BCUT2D eigenvalue weighted by atomic mass is 10.0. The SMILES string of the molecule is Nc1ncc(C#CCN2CCCC2)c2scc(-c3ccc(NC(=O)Nc4cccc(Cl)c4)cc3)c12. The topological polar surface area (TPSA) is 83.3 Å². The molecule has 4 N–H and O–H groups in total. The molecule has 1 aliphatic rings. The lowest BCUT2D eigenvalue weighted by molar-refractivity contribution is 0.262. The van der Waals surface area contributed by atoms with Crippen LogP contribution in [0.15, 0.2) is 60.1 Å². The van der Waals surface area contributed by atoms with Crippen LogP contribution in [0.5, 0.6) is 0 Å². The molecule has 0 spiro atoms. The summed E-state index contributed by atoms with van der Waals surface area (Å²) < 4.78 is 1.05.